The van der Waals surface area contributed by atoms with Crippen LogP contribution in [0, 0.1) is 6.92 Å². The van der Waals surface area contributed by atoms with Gasteiger partial charge in [0.1, 0.15) is 5.58 Å². The lowest BCUT2D eigenvalue weighted by molar-refractivity contribution is -0.154. The number of aryl methyl sites for hydroxylation is 1. The van der Waals surface area contributed by atoms with Crippen molar-refractivity contribution in [3.8, 4) is 0 Å². The molecular weight excluding hydrogens is 384 g/mol. The third kappa shape index (κ3) is 4.53. The molecule has 2 heterocycles. The first-order valence-electron chi connectivity index (χ1n) is 8.76. The Kier molecular flexibility index (Phi) is 6.03. The molecule has 3 rings (SSSR count). The summed E-state index contributed by atoms with van der Waals surface area (Å²) in [5.41, 5.74) is 2.44. The Morgan fingerprint density at radius 2 is 2.14 bits per heavy atom. The molecule has 0 spiro atoms. The van der Waals surface area contributed by atoms with E-state index in [0.29, 0.717) is 11.1 Å². The van der Waals surface area contributed by atoms with E-state index < -0.39 is 18.0 Å². The number of nitrogens with one attached hydrogen (secondary N) is 1. The Balaban J connectivity index is 1.47. The predicted molar refractivity (Wildman–Crippen MR) is 103 cm³/mol. The number of hydrogen-bond acceptors (Lipinski definition) is 7. The normalized spacial score (nSPS) is 15.1. The van der Waals surface area contributed by atoms with Crippen molar-refractivity contribution in [2.24, 2.45) is 0 Å². The summed E-state index contributed by atoms with van der Waals surface area (Å²) in [6, 6.07) is 5.69. The molecule has 148 valence electrons. The number of amides is 3. The molecule has 0 radical (unpaired) electrons. The molecule has 1 aliphatic rings. The molecule has 1 saturated heterocycles. The van der Waals surface area contributed by atoms with Gasteiger partial charge in [-0.15, -0.1) is 0 Å². The molecule has 1 atom stereocenters. The van der Waals surface area contributed by atoms with Crippen molar-refractivity contribution in [3.63, 3.8) is 0 Å². The predicted octanol–water partition coefficient (Wildman–Crippen LogP) is 2.03. The second-order valence-corrected chi connectivity index (χ2v) is 7.39. The number of rotatable bonds is 7. The highest BCUT2D eigenvalue weighted by Crippen LogP contribution is 2.23. The summed E-state index contributed by atoms with van der Waals surface area (Å²) in [5, 5.41) is 3.07. The number of ether oxygens (including phenoxy) is 1. The average molecular weight is 404 g/mol. The molecule has 0 aliphatic carbocycles. The van der Waals surface area contributed by atoms with E-state index in [-0.39, 0.29) is 36.4 Å². The van der Waals surface area contributed by atoms with E-state index in [2.05, 4.69) is 5.32 Å². The molecule has 1 fully saturated rings. The molecule has 1 N–H and O–H groups in total. The van der Waals surface area contributed by atoms with Crippen molar-refractivity contribution in [1.29, 1.82) is 0 Å². The van der Waals surface area contributed by atoms with Gasteiger partial charge in [-0.1, -0.05) is 23.9 Å². The largest absolute Gasteiger partial charge is 0.464 e. The second kappa shape index (κ2) is 8.47. The zero-order valence-corrected chi connectivity index (χ0v) is 16.3. The lowest BCUT2D eigenvalue weighted by Gasteiger charge is -2.16. The Morgan fingerprint density at radius 3 is 2.86 bits per heavy atom. The molecule has 0 bridgehead atoms. The smallest absolute Gasteiger partial charge is 0.311 e. The number of thioether (sulfide) groups is 1. The maximum Gasteiger partial charge on any atom is 0.311 e. The zero-order chi connectivity index (χ0) is 20.3. The van der Waals surface area contributed by atoms with Gasteiger partial charge in [-0.2, -0.15) is 0 Å². The number of benzene rings is 1. The summed E-state index contributed by atoms with van der Waals surface area (Å²) in [6.45, 7) is 3.61. The Hall–Kier alpha value is -2.81. The molecule has 1 aromatic carbocycles. The second-order valence-electron chi connectivity index (χ2n) is 6.46. The molecule has 3 amide bonds. The number of carbonyl (C=O) groups is 4. The minimum absolute atomic E-state index is 0.0122. The molecule has 28 heavy (non-hydrogen) atoms. The van der Waals surface area contributed by atoms with Gasteiger partial charge >= 0.3 is 5.97 Å². The summed E-state index contributed by atoms with van der Waals surface area (Å²) in [7, 11) is 0. The third-order valence-corrected chi connectivity index (χ3v) is 5.16. The fourth-order valence-corrected chi connectivity index (χ4v) is 3.56. The maximum absolute atomic E-state index is 12.2. The minimum atomic E-state index is -0.993. The van der Waals surface area contributed by atoms with Crippen LogP contribution in [0.15, 0.2) is 28.9 Å². The van der Waals surface area contributed by atoms with E-state index >= 15 is 0 Å². The Morgan fingerprint density at radius 1 is 1.36 bits per heavy atom. The van der Waals surface area contributed by atoms with Crippen molar-refractivity contribution >= 4 is 45.8 Å². The number of esters is 1. The summed E-state index contributed by atoms with van der Waals surface area (Å²) < 4.78 is 10.6. The van der Waals surface area contributed by atoms with Crippen LogP contribution in [0.2, 0.25) is 0 Å². The molecular formula is C19H20N2O6S. The van der Waals surface area contributed by atoms with E-state index in [1.165, 1.54) is 13.2 Å². The summed E-state index contributed by atoms with van der Waals surface area (Å²) >= 11 is 0.938. The van der Waals surface area contributed by atoms with Gasteiger partial charge in [0.2, 0.25) is 5.91 Å². The highest BCUT2D eigenvalue weighted by molar-refractivity contribution is 8.14. The van der Waals surface area contributed by atoms with Crippen LogP contribution in [0.5, 0.6) is 0 Å². The van der Waals surface area contributed by atoms with Crippen LogP contribution in [0.3, 0.4) is 0 Å². The number of carbonyl (C=O) groups excluding carboxylic acids is 4. The van der Waals surface area contributed by atoms with Crippen LogP contribution in [0.1, 0.15) is 18.1 Å². The van der Waals surface area contributed by atoms with Gasteiger partial charge in [0.05, 0.1) is 18.4 Å². The lowest BCUT2D eigenvalue weighted by Crippen LogP contribution is -2.41. The fraction of sp³-hybridized carbons (Fsp3) is 0.368. The van der Waals surface area contributed by atoms with Crippen LogP contribution in [0.25, 0.3) is 11.0 Å². The van der Waals surface area contributed by atoms with Crippen molar-refractivity contribution in [2.45, 2.75) is 26.4 Å². The van der Waals surface area contributed by atoms with E-state index in [4.69, 9.17) is 9.15 Å². The fourth-order valence-electron chi connectivity index (χ4n) is 2.81. The highest BCUT2D eigenvalue weighted by atomic mass is 32.2. The van der Waals surface area contributed by atoms with Gasteiger partial charge in [-0.25, -0.2) is 0 Å². The average Bonchev–Trinajstić information content (AvgIpc) is 3.18. The monoisotopic (exact) mass is 404 g/mol. The van der Waals surface area contributed by atoms with Gasteiger partial charge in [0.25, 0.3) is 11.1 Å². The van der Waals surface area contributed by atoms with Crippen LogP contribution in [-0.2, 0) is 25.5 Å². The van der Waals surface area contributed by atoms with E-state index in [1.807, 2.05) is 25.1 Å². The number of furan rings is 1. The molecule has 1 aliphatic heterocycles. The first-order valence-corrected chi connectivity index (χ1v) is 9.74. The molecule has 0 saturated carbocycles. The van der Waals surface area contributed by atoms with E-state index in [9.17, 15) is 19.2 Å². The van der Waals surface area contributed by atoms with Gasteiger partial charge in [0.15, 0.2) is 6.10 Å². The first-order chi connectivity index (χ1) is 13.3. The van der Waals surface area contributed by atoms with Crippen molar-refractivity contribution in [3.05, 3.63) is 35.6 Å². The number of fused-ring (bicyclic) bond motifs is 1. The minimum Gasteiger partial charge on any atom is -0.464 e. The maximum atomic E-state index is 12.2. The quantitative estimate of drug-likeness (QED) is 0.704. The summed E-state index contributed by atoms with van der Waals surface area (Å²) in [4.78, 5) is 48.3. The third-order valence-electron chi connectivity index (χ3n) is 4.30. The lowest BCUT2D eigenvalue weighted by atomic mass is 10.1. The van der Waals surface area contributed by atoms with E-state index in [1.54, 1.807) is 0 Å². The van der Waals surface area contributed by atoms with Gasteiger partial charge < -0.3 is 14.5 Å². The topological polar surface area (TPSA) is 106 Å². The zero-order valence-electron chi connectivity index (χ0n) is 15.5. The van der Waals surface area contributed by atoms with Crippen molar-refractivity contribution in [2.75, 3.05) is 18.8 Å². The number of imide groups is 1. The summed E-state index contributed by atoms with van der Waals surface area (Å²) in [6.07, 6.45) is 0.507. The molecule has 8 nitrogen and oxygen atoms in total. The van der Waals surface area contributed by atoms with Crippen LogP contribution >= 0.6 is 11.8 Å². The van der Waals surface area contributed by atoms with Gasteiger partial charge in [-0.05, 0) is 25.5 Å². The summed E-state index contributed by atoms with van der Waals surface area (Å²) in [5.74, 6) is -1.19. The highest BCUT2D eigenvalue weighted by Gasteiger charge is 2.29. The van der Waals surface area contributed by atoms with Gasteiger partial charge in [-0.3, -0.25) is 24.1 Å². The van der Waals surface area contributed by atoms with Crippen LogP contribution in [0.4, 0.5) is 4.79 Å². The van der Waals surface area contributed by atoms with Crippen molar-refractivity contribution in [1.82, 2.24) is 10.2 Å². The molecule has 9 heteroatoms. The molecule has 2 aromatic rings. The van der Waals surface area contributed by atoms with Gasteiger partial charge in [0, 0.05) is 24.0 Å². The number of hydrogen-bond donors (Lipinski definition) is 1. The van der Waals surface area contributed by atoms with Crippen LogP contribution in [-0.4, -0.2) is 52.9 Å². The van der Waals surface area contributed by atoms with E-state index in [0.717, 1.165) is 27.6 Å². The first kappa shape index (κ1) is 19.9. The Bertz CT molecular complexity index is 922. The molecule has 1 aromatic heterocycles. The Labute approximate surface area is 165 Å². The number of nitrogens with zero attached hydrogens (tertiary/aromatic N) is 1. The van der Waals surface area contributed by atoms with Crippen LogP contribution < -0.4 is 5.32 Å². The van der Waals surface area contributed by atoms with Crippen molar-refractivity contribution < 1.29 is 28.3 Å². The molecule has 0 unspecified atom stereocenters. The standard InChI is InChI=1S/C19H20N2O6S/c1-11-3-4-14-13(9-26-15(14)7-11)8-17(23)27-12(2)18(24)20-5-6-21-16(22)10-28-19(21)25/h3-4,7,9,12H,5-6,8,10H2,1-2H3,(H,20,24)/t12-/m0/s1. The SMILES string of the molecule is Cc1ccc2c(CC(=O)O[C@@H](C)C(=O)NCCN3C(=O)CSC3=O)coc2c1.